The van der Waals surface area contributed by atoms with Crippen LogP contribution in [-0.4, -0.2) is 117 Å². The first-order valence-corrected chi connectivity index (χ1v) is 17.5. The molecule has 46 heavy (non-hydrogen) atoms. The van der Waals surface area contributed by atoms with E-state index in [1.807, 2.05) is 53.6 Å². The van der Waals surface area contributed by atoms with Gasteiger partial charge >= 0.3 is 13.8 Å². The lowest BCUT2D eigenvalue weighted by molar-refractivity contribution is -0.294. The maximum absolute atomic E-state index is 13.1. The molecule has 2 fully saturated rings. The molecule has 5 N–H and O–H groups in total. The molecule has 3 aliphatic heterocycles. The summed E-state index contributed by atoms with van der Waals surface area (Å²) in [7, 11) is -0.863. The molecule has 3 rings (SSSR count). The third-order valence-corrected chi connectivity index (χ3v) is 9.45. The fourth-order valence-corrected chi connectivity index (χ4v) is 6.57. The Kier molecular flexibility index (Phi) is 15.6. The van der Waals surface area contributed by atoms with Gasteiger partial charge in [0.15, 0.2) is 12.1 Å². The van der Waals surface area contributed by atoms with E-state index in [2.05, 4.69) is 0 Å². The second kappa shape index (κ2) is 17.7. The zero-order valence-electron chi connectivity index (χ0n) is 28.0. The van der Waals surface area contributed by atoms with Gasteiger partial charge in [-0.25, -0.2) is 4.57 Å². The van der Waals surface area contributed by atoms with Crippen molar-refractivity contribution in [1.82, 2.24) is 4.90 Å². The Hall–Kier alpha value is -1.58. The van der Waals surface area contributed by atoms with Crippen LogP contribution >= 0.6 is 7.82 Å². The molecule has 3 heterocycles. The van der Waals surface area contributed by atoms with Crippen molar-refractivity contribution in [1.29, 1.82) is 0 Å². The molecule has 14 atom stereocenters. The smallest absolute Gasteiger partial charge is 0.462 e. The number of esters is 1. The van der Waals surface area contributed by atoms with Gasteiger partial charge in [0, 0.05) is 36.1 Å². The minimum absolute atomic E-state index is 0.0220. The van der Waals surface area contributed by atoms with Crippen LogP contribution in [0.2, 0.25) is 0 Å². The number of hydrogen-bond donors (Lipinski definition) is 5. The summed E-state index contributed by atoms with van der Waals surface area (Å²) in [6.45, 7) is 11.4. The van der Waals surface area contributed by atoms with Crippen molar-refractivity contribution in [2.45, 2.75) is 122 Å². The number of ether oxygens (including phenoxy) is 4. The molecule has 2 saturated heterocycles. The highest BCUT2D eigenvalue weighted by Crippen LogP contribution is 2.37. The van der Waals surface area contributed by atoms with Crippen molar-refractivity contribution < 1.29 is 62.8 Å². The molecule has 0 bridgehead atoms. The van der Waals surface area contributed by atoms with Crippen LogP contribution in [0.25, 0.3) is 0 Å². The van der Waals surface area contributed by atoms with Gasteiger partial charge in [0.1, 0.15) is 24.6 Å². The SMILES string of the molecule is CC[C@H]1OC(=O)C[C@@H](O)[C@H](C)[C@@H](O[C@@H]2O[C@H](C)[C@@H](C)[C@H](N(C)C)[C@H]2O)[C@H](CC=O)C[C@@H](C)C(=O)/C=C/C2O[C@H]2[C@@H]1C.O=P(O)(O)O. The van der Waals surface area contributed by atoms with Crippen molar-refractivity contribution in [3.63, 3.8) is 0 Å². The molecule has 0 aromatic rings. The first-order chi connectivity index (χ1) is 21.3. The zero-order valence-corrected chi connectivity index (χ0v) is 28.9. The minimum atomic E-state index is -4.64. The van der Waals surface area contributed by atoms with Gasteiger partial charge in [-0.15, -0.1) is 0 Å². The lowest BCUT2D eigenvalue weighted by Gasteiger charge is -2.47. The fourth-order valence-electron chi connectivity index (χ4n) is 6.57. The molecule has 0 aliphatic carbocycles. The lowest BCUT2D eigenvalue weighted by Crippen LogP contribution is -2.60. The summed E-state index contributed by atoms with van der Waals surface area (Å²) in [6.07, 6.45) is -0.211. The number of allylic oxidation sites excluding steroid dienone is 1. The quantitative estimate of drug-likeness (QED) is 0.117. The van der Waals surface area contributed by atoms with Crippen molar-refractivity contribution >= 4 is 25.9 Å². The second-order valence-corrected chi connectivity index (χ2v) is 14.2. The standard InChI is InChI=1S/C31H51NO9.H3O4P/c1-9-24-19(5)30-25(40-30)11-10-22(34)16(2)14-21(12-13-33)29(18(4)23(35)15-26(36)39-24)41-31-28(37)27(32(7)8)17(3)20(6)38-31;1-5(2,3)4/h10-11,13,16-21,23-25,27-31,35,37H,9,12,14-15H2,1-8H3;(H3,1,2,3,4)/b11-10+;/t16-,17-,18+,19-,20-,21-,23-,24-,25?,27+,28-,29-,30+,31+;/m1./s1. The summed E-state index contributed by atoms with van der Waals surface area (Å²) in [4.78, 5) is 61.4. The van der Waals surface area contributed by atoms with Crippen molar-refractivity contribution in [2.24, 2.45) is 29.6 Å². The zero-order chi connectivity index (χ0) is 35.1. The Bertz CT molecular complexity index is 1070. The summed E-state index contributed by atoms with van der Waals surface area (Å²) < 4.78 is 33.0. The molecule has 0 aromatic carbocycles. The van der Waals surface area contributed by atoms with E-state index in [0.717, 1.165) is 6.29 Å². The number of hydrogen-bond acceptors (Lipinski definition) is 11. The van der Waals surface area contributed by atoms with Crippen LogP contribution in [0, 0.1) is 29.6 Å². The number of phosphoric acid groups is 1. The molecule has 3 aliphatic rings. The number of fused-ring (bicyclic) bond motifs is 1. The first-order valence-electron chi connectivity index (χ1n) is 15.9. The normalized spacial score (nSPS) is 41.9. The van der Waals surface area contributed by atoms with E-state index >= 15 is 0 Å². The first kappa shape index (κ1) is 40.6. The summed E-state index contributed by atoms with van der Waals surface area (Å²) in [5.41, 5.74) is 0. The number of aliphatic hydroxyl groups is 2. The average molecular weight is 680 g/mol. The van der Waals surface area contributed by atoms with Gasteiger partial charge in [0.25, 0.3) is 0 Å². The summed E-state index contributed by atoms with van der Waals surface area (Å²) in [6, 6.07) is -0.248. The number of carbonyl (C=O) groups excluding carboxylic acids is 3. The third-order valence-electron chi connectivity index (χ3n) is 9.45. The van der Waals surface area contributed by atoms with Gasteiger partial charge < -0.3 is 53.5 Å². The molecular weight excluding hydrogens is 625 g/mol. The molecule has 0 aromatic heterocycles. The Balaban J connectivity index is 0.00000136. The predicted molar refractivity (Wildman–Crippen MR) is 166 cm³/mol. The van der Waals surface area contributed by atoms with Gasteiger partial charge in [-0.2, -0.15) is 0 Å². The van der Waals surface area contributed by atoms with E-state index in [1.165, 1.54) is 6.08 Å². The van der Waals surface area contributed by atoms with E-state index in [4.69, 9.17) is 38.2 Å². The van der Waals surface area contributed by atoms with Crippen molar-refractivity contribution in [2.75, 3.05) is 14.1 Å². The molecule has 0 saturated carbocycles. The van der Waals surface area contributed by atoms with Crippen LogP contribution in [-0.2, 0) is 37.9 Å². The largest absolute Gasteiger partial charge is 0.466 e. The van der Waals surface area contributed by atoms with Gasteiger partial charge in [0.05, 0.1) is 30.8 Å². The number of aliphatic hydroxyl groups excluding tert-OH is 2. The topological polar surface area (TPSA) is 213 Å². The van der Waals surface area contributed by atoms with E-state index in [-0.39, 0.29) is 54.8 Å². The second-order valence-electron chi connectivity index (χ2n) is 13.2. The van der Waals surface area contributed by atoms with Crippen LogP contribution in [0.5, 0.6) is 0 Å². The molecule has 0 amide bonds. The number of aldehydes is 1. The molecular formula is C31H54NO13P. The Morgan fingerprint density at radius 3 is 2.17 bits per heavy atom. The lowest BCUT2D eigenvalue weighted by atomic mass is 9.79. The monoisotopic (exact) mass is 679 g/mol. The number of epoxide rings is 1. The fraction of sp³-hybridized carbons (Fsp3) is 0.839. The Labute approximate surface area is 271 Å². The number of likely N-dealkylation sites (N-methyl/N-ethyl adjacent to an activating group) is 1. The van der Waals surface area contributed by atoms with E-state index in [0.29, 0.717) is 12.8 Å². The number of cyclic esters (lactones) is 1. The van der Waals surface area contributed by atoms with Crippen LogP contribution in [0.1, 0.15) is 67.2 Å². The van der Waals surface area contributed by atoms with Crippen molar-refractivity contribution in [3.05, 3.63) is 12.2 Å². The predicted octanol–water partition coefficient (Wildman–Crippen LogP) is 1.60. The Morgan fingerprint density at radius 1 is 1.02 bits per heavy atom. The van der Waals surface area contributed by atoms with Crippen LogP contribution in [0.15, 0.2) is 12.2 Å². The minimum Gasteiger partial charge on any atom is -0.462 e. The summed E-state index contributed by atoms with van der Waals surface area (Å²) >= 11 is 0. The molecule has 266 valence electrons. The molecule has 15 heteroatoms. The number of ketones is 1. The summed E-state index contributed by atoms with van der Waals surface area (Å²) in [5, 5.41) is 22.6. The molecule has 0 spiro atoms. The average Bonchev–Trinajstić information content (AvgIpc) is 3.73. The van der Waals surface area contributed by atoms with E-state index in [9.17, 15) is 24.6 Å². The molecule has 14 nitrogen and oxygen atoms in total. The van der Waals surface area contributed by atoms with Gasteiger partial charge in [0.2, 0.25) is 0 Å². The molecule has 1 unspecified atom stereocenters. The highest BCUT2D eigenvalue weighted by molar-refractivity contribution is 7.45. The van der Waals surface area contributed by atoms with Gasteiger partial charge in [-0.05, 0) is 51.9 Å². The third kappa shape index (κ3) is 11.8. The number of nitrogens with zero attached hydrogens (tertiary/aromatic N) is 1. The number of carbonyl (C=O) groups is 3. The molecule has 0 radical (unpaired) electrons. The maximum atomic E-state index is 13.1. The van der Waals surface area contributed by atoms with E-state index < -0.39 is 62.3 Å². The van der Waals surface area contributed by atoms with E-state index in [1.54, 1.807) is 13.0 Å². The number of rotatable bonds is 6. The van der Waals surface area contributed by atoms with Crippen molar-refractivity contribution in [3.8, 4) is 0 Å². The highest BCUT2D eigenvalue weighted by Gasteiger charge is 2.47. The van der Waals surface area contributed by atoms with Gasteiger partial charge in [-0.1, -0.05) is 34.6 Å². The Morgan fingerprint density at radius 2 is 1.63 bits per heavy atom. The van der Waals surface area contributed by atoms with Crippen LogP contribution in [0.3, 0.4) is 0 Å². The van der Waals surface area contributed by atoms with Crippen LogP contribution in [0.4, 0.5) is 0 Å². The maximum Gasteiger partial charge on any atom is 0.466 e. The van der Waals surface area contributed by atoms with Crippen LogP contribution < -0.4 is 0 Å². The highest BCUT2D eigenvalue weighted by atomic mass is 31.2. The summed E-state index contributed by atoms with van der Waals surface area (Å²) in [5.74, 6) is -2.24. The van der Waals surface area contributed by atoms with Gasteiger partial charge in [-0.3, -0.25) is 9.59 Å².